The molecule has 0 aromatic heterocycles. The number of carbonyl (C=O) groups is 1. The molecule has 2 aromatic rings. The lowest BCUT2D eigenvalue weighted by Gasteiger charge is -2.19. The van der Waals surface area contributed by atoms with Crippen LogP contribution in [0.2, 0.25) is 0 Å². The average Bonchev–Trinajstić information content (AvgIpc) is 2.58. The molecular weight excluding hydrogens is 345 g/mol. The van der Waals surface area contributed by atoms with Gasteiger partial charge in [0.1, 0.15) is 11.6 Å². The molecule has 0 aliphatic heterocycles. The van der Waals surface area contributed by atoms with Crippen molar-refractivity contribution < 1.29 is 22.7 Å². The van der Waals surface area contributed by atoms with Crippen LogP contribution >= 0.6 is 0 Å². The number of carbonyl (C=O) groups excluding carboxylic acids is 1. The van der Waals surface area contributed by atoms with Gasteiger partial charge in [0.05, 0.1) is 13.1 Å². The molecule has 2 aromatic carbocycles. The molecule has 0 saturated carbocycles. The lowest BCUT2D eigenvalue weighted by Crippen LogP contribution is -2.33. The standard InChI is InChI=1S/C19H17F3N2O2/c1-2-11-24(12-14-3-5-15(20)6-4-14)13-18(25)23-16-7-9-17(10-8-16)26-19(21)22/h1,3-10,19H,11-13H2,(H,23,25). The zero-order chi connectivity index (χ0) is 18.9. The number of benzene rings is 2. The van der Waals surface area contributed by atoms with Gasteiger partial charge in [-0.25, -0.2) is 4.39 Å². The molecule has 0 bridgehead atoms. The smallest absolute Gasteiger partial charge is 0.387 e. The Bertz CT molecular complexity index is 756. The number of amides is 1. The molecule has 0 unspecified atom stereocenters. The molecular formula is C19H17F3N2O2. The van der Waals surface area contributed by atoms with E-state index in [1.807, 2.05) is 0 Å². The van der Waals surface area contributed by atoms with E-state index in [4.69, 9.17) is 6.42 Å². The third-order valence-electron chi connectivity index (χ3n) is 3.36. The fourth-order valence-corrected chi connectivity index (χ4v) is 2.27. The predicted molar refractivity (Wildman–Crippen MR) is 92.2 cm³/mol. The van der Waals surface area contributed by atoms with Gasteiger partial charge in [-0.3, -0.25) is 9.69 Å². The first-order valence-electron chi connectivity index (χ1n) is 7.71. The Hall–Kier alpha value is -2.98. The van der Waals surface area contributed by atoms with Crippen molar-refractivity contribution in [1.82, 2.24) is 4.90 Å². The van der Waals surface area contributed by atoms with Crippen LogP contribution < -0.4 is 10.1 Å². The summed E-state index contributed by atoms with van der Waals surface area (Å²) in [4.78, 5) is 13.9. The van der Waals surface area contributed by atoms with E-state index >= 15 is 0 Å². The number of hydrogen-bond acceptors (Lipinski definition) is 3. The van der Waals surface area contributed by atoms with Crippen molar-refractivity contribution >= 4 is 11.6 Å². The van der Waals surface area contributed by atoms with Crippen LogP contribution in [-0.2, 0) is 11.3 Å². The van der Waals surface area contributed by atoms with Gasteiger partial charge in [0, 0.05) is 12.2 Å². The number of nitrogens with one attached hydrogen (secondary N) is 1. The van der Waals surface area contributed by atoms with Crippen LogP contribution in [0.3, 0.4) is 0 Å². The van der Waals surface area contributed by atoms with Gasteiger partial charge in [0.2, 0.25) is 5.91 Å². The SMILES string of the molecule is C#CCN(CC(=O)Nc1ccc(OC(F)F)cc1)Cc1ccc(F)cc1. The summed E-state index contributed by atoms with van der Waals surface area (Å²) < 4.78 is 41.4. The minimum atomic E-state index is -2.90. The van der Waals surface area contributed by atoms with Crippen molar-refractivity contribution in [3.05, 3.63) is 59.9 Å². The maximum atomic E-state index is 13.0. The molecule has 0 radical (unpaired) electrons. The van der Waals surface area contributed by atoms with Gasteiger partial charge in [-0.15, -0.1) is 6.42 Å². The Kier molecular flexibility index (Phi) is 7.06. The molecule has 0 fully saturated rings. The number of anilines is 1. The second kappa shape index (κ2) is 9.49. The maximum absolute atomic E-state index is 13.0. The van der Waals surface area contributed by atoms with Crippen molar-refractivity contribution in [2.75, 3.05) is 18.4 Å². The van der Waals surface area contributed by atoms with E-state index < -0.39 is 6.61 Å². The number of nitrogens with zero attached hydrogens (tertiary/aromatic N) is 1. The Morgan fingerprint density at radius 2 is 1.81 bits per heavy atom. The van der Waals surface area contributed by atoms with Crippen molar-refractivity contribution in [3.8, 4) is 18.1 Å². The van der Waals surface area contributed by atoms with E-state index in [9.17, 15) is 18.0 Å². The Labute approximate surface area is 149 Å². The average molecular weight is 362 g/mol. The van der Waals surface area contributed by atoms with E-state index in [0.717, 1.165) is 5.56 Å². The summed E-state index contributed by atoms with van der Waals surface area (Å²) in [5, 5.41) is 2.65. The Morgan fingerprint density at radius 3 is 2.38 bits per heavy atom. The monoisotopic (exact) mass is 362 g/mol. The lowest BCUT2D eigenvalue weighted by molar-refractivity contribution is -0.117. The van der Waals surface area contributed by atoms with Crippen LogP contribution in [0.4, 0.5) is 18.9 Å². The molecule has 7 heteroatoms. The fraction of sp³-hybridized carbons (Fsp3) is 0.211. The number of rotatable bonds is 8. The first-order valence-corrected chi connectivity index (χ1v) is 7.71. The second-order valence-corrected chi connectivity index (χ2v) is 5.43. The maximum Gasteiger partial charge on any atom is 0.387 e. The second-order valence-electron chi connectivity index (χ2n) is 5.43. The van der Waals surface area contributed by atoms with E-state index in [2.05, 4.69) is 16.0 Å². The van der Waals surface area contributed by atoms with E-state index in [1.165, 1.54) is 36.4 Å². The lowest BCUT2D eigenvalue weighted by atomic mass is 10.2. The Morgan fingerprint density at radius 1 is 1.15 bits per heavy atom. The molecule has 0 saturated heterocycles. The highest BCUT2D eigenvalue weighted by molar-refractivity contribution is 5.92. The summed E-state index contributed by atoms with van der Waals surface area (Å²) in [5.41, 5.74) is 1.27. The molecule has 136 valence electrons. The Balaban J connectivity index is 1.92. The normalized spacial score (nSPS) is 10.6. The van der Waals surface area contributed by atoms with Crippen molar-refractivity contribution in [2.45, 2.75) is 13.2 Å². The van der Waals surface area contributed by atoms with Crippen molar-refractivity contribution in [3.63, 3.8) is 0 Å². The van der Waals surface area contributed by atoms with Crippen LogP contribution in [0.5, 0.6) is 5.75 Å². The van der Waals surface area contributed by atoms with Crippen LogP contribution in [0.25, 0.3) is 0 Å². The highest BCUT2D eigenvalue weighted by Gasteiger charge is 2.11. The summed E-state index contributed by atoms with van der Waals surface area (Å²) in [6.07, 6.45) is 5.33. The number of ether oxygens (including phenoxy) is 1. The summed E-state index contributed by atoms with van der Waals surface area (Å²) in [6.45, 7) is -2.25. The van der Waals surface area contributed by atoms with E-state index in [-0.39, 0.29) is 30.6 Å². The molecule has 1 N–H and O–H groups in total. The first-order chi connectivity index (χ1) is 12.5. The predicted octanol–water partition coefficient (Wildman–Crippen LogP) is 3.50. The number of halogens is 3. The molecule has 0 aliphatic rings. The van der Waals surface area contributed by atoms with Gasteiger partial charge < -0.3 is 10.1 Å². The minimum absolute atomic E-state index is 0.00303. The zero-order valence-electron chi connectivity index (χ0n) is 13.8. The van der Waals surface area contributed by atoms with Crippen LogP contribution in [0.15, 0.2) is 48.5 Å². The minimum Gasteiger partial charge on any atom is -0.435 e. The third kappa shape index (κ3) is 6.49. The summed E-state index contributed by atoms with van der Waals surface area (Å²) in [6, 6.07) is 11.5. The largest absolute Gasteiger partial charge is 0.435 e. The molecule has 4 nitrogen and oxygen atoms in total. The zero-order valence-corrected chi connectivity index (χ0v) is 13.8. The van der Waals surface area contributed by atoms with Crippen LogP contribution in [0, 0.1) is 18.2 Å². The molecule has 26 heavy (non-hydrogen) atoms. The van der Waals surface area contributed by atoms with Gasteiger partial charge in [-0.05, 0) is 42.0 Å². The fourth-order valence-electron chi connectivity index (χ4n) is 2.27. The van der Waals surface area contributed by atoms with Gasteiger partial charge in [0.25, 0.3) is 0 Å². The topological polar surface area (TPSA) is 41.6 Å². The molecule has 0 heterocycles. The highest BCUT2D eigenvalue weighted by atomic mass is 19.3. The molecule has 0 spiro atoms. The summed E-state index contributed by atoms with van der Waals surface area (Å²) in [5.74, 6) is 1.83. The number of hydrogen-bond donors (Lipinski definition) is 1. The van der Waals surface area contributed by atoms with Gasteiger partial charge in [-0.1, -0.05) is 18.1 Å². The quantitative estimate of drug-likeness (QED) is 0.731. The molecule has 0 atom stereocenters. The van der Waals surface area contributed by atoms with Gasteiger partial charge >= 0.3 is 6.61 Å². The first kappa shape index (κ1) is 19.3. The van der Waals surface area contributed by atoms with Gasteiger partial charge in [-0.2, -0.15) is 8.78 Å². The molecule has 0 aliphatic carbocycles. The van der Waals surface area contributed by atoms with E-state index in [0.29, 0.717) is 12.2 Å². The molecule has 2 rings (SSSR count). The summed E-state index contributed by atoms with van der Waals surface area (Å²) >= 11 is 0. The number of alkyl halides is 2. The van der Waals surface area contributed by atoms with E-state index in [1.54, 1.807) is 17.0 Å². The third-order valence-corrected chi connectivity index (χ3v) is 3.36. The molecule has 1 amide bonds. The van der Waals surface area contributed by atoms with Crippen LogP contribution in [-0.4, -0.2) is 30.5 Å². The van der Waals surface area contributed by atoms with Crippen molar-refractivity contribution in [1.29, 1.82) is 0 Å². The van der Waals surface area contributed by atoms with Crippen molar-refractivity contribution in [2.24, 2.45) is 0 Å². The van der Waals surface area contributed by atoms with Crippen LogP contribution in [0.1, 0.15) is 5.56 Å². The van der Waals surface area contributed by atoms with Gasteiger partial charge in [0.15, 0.2) is 0 Å². The summed E-state index contributed by atoms with van der Waals surface area (Å²) in [7, 11) is 0. The highest BCUT2D eigenvalue weighted by Crippen LogP contribution is 2.17. The number of terminal acetylenes is 1.